The Labute approximate surface area is 105 Å². The molecule has 94 valence electrons. The molecule has 1 aromatic carbocycles. The lowest BCUT2D eigenvalue weighted by Gasteiger charge is -2.26. The average Bonchev–Trinajstić information content (AvgIpc) is 2.63. The highest BCUT2D eigenvalue weighted by Gasteiger charge is 2.25. The van der Waals surface area contributed by atoms with E-state index in [4.69, 9.17) is 0 Å². The van der Waals surface area contributed by atoms with Gasteiger partial charge < -0.3 is 9.88 Å². The van der Waals surface area contributed by atoms with Gasteiger partial charge in [0, 0.05) is 19.0 Å². The number of hydrogen-bond donors (Lipinski definition) is 1. The summed E-state index contributed by atoms with van der Waals surface area (Å²) in [4.78, 5) is 0. The van der Waals surface area contributed by atoms with E-state index < -0.39 is 0 Å². The third-order valence-electron chi connectivity index (χ3n) is 3.36. The van der Waals surface area contributed by atoms with Crippen molar-refractivity contribution in [3.63, 3.8) is 0 Å². The highest BCUT2D eigenvalue weighted by atomic mass is 19.1. The van der Waals surface area contributed by atoms with Crippen LogP contribution in [-0.4, -0.2) is 27.9 Å². The van der Waals surface area contributed by atoms with Gasteiger partial charge in [-0.25, -0.2) is 4.39 Å². The van der Waals surface area contributed by atoms with Gasteiger partial charge in [0.1, 0.15) is 17.5 Å². The molecule has 0 amide bonds. The minimum atomic E-state index is -0.206. The van der Waals surface area contributed by atoms with Crippen LogP contribution in [0.2, 0.25) is 0 Å². The first kappa shape index (κ1) is 11.3. The second-order valence-corrected chi connectivity index (χ2v) is 4.67. The van der Waals surface area contributed by atoms with Crippen molar-refractivity contribution in [1.29, 1.82) is 0 Å². The van der Waals surface area contributed by atoms with Gasteiger partial charge in [-0.3, -0.25) is 0 Å². The number of halogens is 1. The van der Waals surface area contributed by atoms with Crippen LogP contribution in [-0.2, 0) is 6.54 Å². The zero-order valence-electron chi connectivity index (χ0n) is 10.2. The summed E-state index contributed by atoms with van der Waals surface area (Å²) in [6.07, 6.45) is 0. The Morgan fingerprint density at radius 3 is 2.61 bits per heavy atom. The van der Waals surface area contributed by atoms with E-state index in [2.05, 4.69) is 20.1 Å². The van der Waals surface area contributed by atoms with Crippen LogP contribution in [0.25, 0.3) is 0 Å². The first-order valence-electron chi connectivity index (χ1n) is 6.09. The predicted octanol–water partition coefficient (Wildman–Crippen LogP) is 1.46. The second kappa shape index (κ2) is 4.49. The van der Waals surface area contributed by atoms with Gasteiger partial charge in [0.05, 0.1) is 6.54 Å². The van der Waals surface area contributed by atoms with Gasteiger partial charge >= 0.3 is 0 Å². The Morgan fingerprint density at radius 2 is 2.00 bits per heavy atom. The normalized spacial score (nSPS) is 15.7. The zero-order chi connectivity index (χ0) is 12.5. The molecule has 0 radical (unpaired) electrons. The fourth-order valence-electron chi connectivity index (χ4n) is 2.14. The summed E-state index contributed by atoms with van der Waals surface area (Å²) in [6, 6.07) is 6.58. The minimum absolute atomic E-state index is 0.206. The molecule has 1 aliphatic rings. The molecule has 2 heterocycles. The monoisotopic (exact) mass is 246 g/mol. The predicted molar refractivity (Wildman–Crippen MR) is 65.9 cm³/mol. The van der Waals surface area contributed by atoms with Gasteiger partial charge in [-0.15, -0.1) is 10.2 Å². The van der Waals surface area contributed by atoms with E-state index in [-0.39, 0.29) is 5.82 Å². The van der Waals surface area contributed by atoms with Crippen molar-refractivity contribution >= 4 is 0 Å². The van der Waals surface area contributed by atoms with Crippen molar-refractivity contribution in [1.82, 2.24) is 20.1 Å². The summed E-state index contributed by atoms with van der Waals surface area (Å²) in [5, 5.41) is 11.6. The molecule has 0 bridgehead atoms. The van der Waals surface area contributed by atoms with Gasteiger partial charge in [0.2, 0.25) is 0 Å². The smallest absolute Gasteiger partial charge is 0.139 e. The van der Waals surface area contributed by atoms with Crippen LogP contribution >= 0.6 is 0 Å². The molecule has 1 aromatic heterocycles. The van der Waals surface area contributed by atoms with Gasteiger partial charge in [-0.1, -0.05) is 12.1 Å². The van der Waals surface area contributed by atoms with Gasteiger partial charge in [-0.05, 0) is 24.6 Å². The topological polar surface area (TPSA) is 42.7 Å². The molecule has 1 saturated heterocycles. The summed E-state index contributed by atoms with van der Waals surface area (Å²) < 4.78 is 15.0. The first-order valence-corrected chi connectivity index (χ1v) is 6.09. The molecular weight excluding hydrogens is 231 g/mol. The lowest BCUT2D eigenvalue weighted by Crippen LogP contribution is -2.41. The van der Waals surface area contributed by atoms with Crippen molar-refractivity contribution in [2.75, 3.05) is 13.1 Å². The van der Waals surface area contributed by atoms with Crippen LogP contribution in [0.1, 0.15) is 23.1 Å². The molecule has 4 nitrogen and oxygen atoms in total. The lowest BCUT2D eigenvalue weighted by molar-refractivity contribution is 0.416. The molecule has 0 saturated carbocycles. The van der Waals surface area contributed by atoms with Crippen LogP contribution in [0, 0.1) is 12.7 Å². The molecule has 0 aliphatic carbocycles. The Hall–Kier alpha value is -1.75. The number of nitrogens with zero attached hydrogens (tertiary/aromatic N) is 3. The van der Waals surface area contributed by atoms with Gasteiger partial charge in [0.15, 0.2) is 0 Å². The maximum Gasteiger partial charge on any atom is 0.139 e. The van der Waals surface area contributed by atoms with E-state index >= 15 is 0 Å². The van der Waals surface area contributed by atoms with Crippen LogP contribution in [0.5, 0.6) is 0 Å². The largest absolute Gasteiger partial charge is 0.315 e. The molecule has 1 fully saturated rings. The van der Waals surface area contributed by atoms with Crippen molar-refractivity contribution < 1.29 is 4.39 Å². The van der Waals surface area contributed by atoms with E-state index in [0.29, 0.717) is 12.5 Å². The Kier molecular flexibility index (Phi) is 2.83. The van der Waals surface area contributed by atoms with E-state index in [0.717, 1.165) is 30.3 Å². The Balaban J connectivity index is 1.87. The maximum absolute atomic E-state index is 12.9. The lowest BCUT2D eigenvalue weighted by atomic mass is 10.0. The molecule has 3 rings (SSSR count). The van der Waals surface area contributed by atoms with Crippen LogP contribution in [0.4, 0.5) is 4.39 Å². The first-order chi connectivity index (χ1) is 8.74. The van der Waals surface area contributed by atoms with Crippen molar-refractivity contribution in [2.24, 2.45) is 0 Å². The molecule has 0 atom stereocenters. The molecule has 2 aromatic rings. The molecule has 0 spiro atoms. The minimum Gasteiger partial charge on any atom is -0.315 e. The molecule has 18 heavy (non-hydrogen) atoms. The van der Waals surface area contributed by atoms with Crippen molar-refractivity contribution in [2.45, 2.75) is 19.4 Å². The molecule has 5 heteroatoms. The second-order valence-electron chi connectivity index (χ2n) is 4.67. The third kappa shape index (κ3) is 2.01. The summed E-state index contributed by atoms with van der Waals surface area (Å²) in [5.41, 5.74) is 1.06. The highest BCUT2D eigenvalue weighted by Crippen LogP contribution is 2.19. The fourth-order valence-corrected chi connectivity index (χ4v) is 2.14. The Bertz CT molecular complexity index is 543. The fraction of sp³-hybridized carbons (Fsp3) is 0.385. The summed E-state index contributed by atoms with van der Waals surface area (Å²) in [6.45, 7) is 4.57. The summed E-state index contributed by atoms with van der Waals surface area (Å²) >= 11 is 0. The average molecular weight is 246 g/mol. The Morgan fingerprint density at radius 1 is 1.28 bits per heavy atom. The maximum atomic E-state index is 12.9. The summed E-state index contributed by atoms with van der Waals surface area (Å²) in [5.74, 6) is 2.17. The highest BCUT2D eigenvalue weighted by molar-refractivity contribution is 5.18. The van der Waals surface area contributed by atoms with E-state index in [1.54, 1.807) is 12.1 Å². The van der Waals surface area contributed by atoms with Crippen molar-refractivity contribution in [3.8, 4) is 0 Å². The van der Waals surface area contributed by atoms with Gasteiger partial charge in [0.25, 0.3) is 0 Å². The number of nitrogens with one attached hydrogen (secondary N) is 1. The number of benzene rings is 1. The number of aromatic nitrogens is 3. The number of rotatable bonds is 3. The number of hydrogen-bond acceptors (Lipinski definition) is 3. The van der Waals surface area contributed by atoms with Crippen LogP contribution in [0.3, 0.4) is 0 Å². The van der Waals surface area contributed by atoms with Crippen LogP contribution < -0.4 is 5.32 Å². The quantitative estimate of drug-likeness (QED) is 0.891. The van der Waals surface area contributed by atoms with Gasteiger partial charge in [-0.2, -0.15) is 0 Å². The zero-order valence-corrected chi connectivity index (χ0v) is 10.2. The van der Waals surface area contributed by atoms with E-state index in [1.165, 1.54) is 12.1 Å². The number of aryl methyl sites for hydroxylation is 1. The summed E-state index contributed by atoms with van der Waals surface area (Å²) in [7, 11) is 0. The van der Waals surface area contributed by atoms with E-state index in [9.17, 15) is 4.39 Å². The van der Waals surface area contributed by atoms with Crippen LogP contribution in [0.15, 0.2) is 24.3 Å². The molecule has 0 unspecified atom stereocenters. The molecule has 1 aliphatic heterocycles. The molecular formula is C13H15FN4. The SMILES string of the molecule is Cc1nnc(C2CNC2)n1Cc1ccc(F)cc1. The third-order valence-corrected chi connectivity index (χ3v) is 3.36. The standard InChI is InChI=1S/C13H15FN4/c1-9-16-17-13(11-6-15-7-11)18(9)8-10-2-4-12(14)5-3-10/h2-5,11,15H,6-8H2,1H3. The molecule has 1 N–H and O–H groups in total. The van der Waals surface area contributed by atoms with Crippen molar-refractivity contribution in [3.05, 3.63) is 47.3 Å². The van der Waals surface area contributed by atoms with E-state index in [1.807, 2.05) is 6.92 Å².